The molecule has 0 aliphatic rings. The van der Waals surface area contributed by atoms with Crippen LogP contribution in [-0.2, 0) is 25.6 Å². The summed E-state index contributed by atoms with van der Waals surface area (Å²) in [5.74, 6) is 1.81. The molecule has 1 rings (SSSR count). The molecule has 0 saturated heterocycles. The van der Waals surface area contributed by atoms with Crippen molar-refractivity contribution in [1.82, 2.24) is 9.55 Å². The van der Waals surface area contributed by atoms with Crippen LogP contribution >= 0.6 is 0 Å². The molecular formula is C61H114N2O4. The largest absolute Gasteiger partial charge is 0.465 e. The number of aryl methyl sites for hydroxylation is 1. The fourth-order valence-electron chi connectivity index (χ4n) is 9.97. The Morgan fingerprint density at radius 1 is 0.433 bits per heavy atom. The maximum atomic E-state index is 12.6. The Hall–Kier alpha value is -2.11. The number of allylic oxidation sites excluding steroid dienone is 2. The molecule has 392 valence electrons. The number of hydrogen-bond donors (Lipinski definition) is 0. The lowest BCUT2D eigenvalue weighted by molar-refractivity contribution is -0.146. The van der Waals surface area contributed by atoms with Crippen LogP contribution in [0.15, 0.2) is 30.4 Å². The molecule has 6 heteroatoms. The third-order valence-corrected chi connectivity index (χ3v) is 14.5. The second-order valence-electron chi connectivity index (χ2n) is 21.1. The van der Waals surface area contributed by atoms with Gasteiger partial charge in [0, 0.05) is 31.8 Å². The van der Waals surface area contributed by atoms with E-state index in [2.05, 4.69) is 56.4 Å². The minimum Gasteiger partial charge on any atom is -0.465 e. The zero-order valence-corrected chi connectivity index (χ0v) is 45.6. The molecular weight excluding hydrogens is 825 g/mol. The van der Waals surface area contributed by atoms with Crippen molar-refractivity contribution in [3.63, 3.8) is 0 Å². The normalized spacial score (nSPS) is 13.2. The number of ether oxygens (including phenoxy) is 2. The van der Waals surface area contributed by atoms with Gasteiger partial charge < -0.3 is 14.0 Å². The van der Waals surface area contributed by atoms with Crippen LogP contribution < -0.4 is 0 Å². The second kappa shape index (κ2) is 48.9. The fraction of sp³-hybridized carbons (Fsp3) is 0.885. The molecule has 2 atom stereocenters. The van der Waals surface area contributed by atoms with Gasteiger partial charge in [-0.25, -0.2) is 4.98 Å². The number of unbranched alkanes of at least 4 members (excludes halogenated alkanes) is 25. The molecule has 0 fully saturated rings. The zero-order chi connectivity index (χ0) is 48.5. The molecule has 0 spiro atoms. The number of esters is 2. The van der Waals surface area contributed by atoms with Crippen molar-refractivity contribution in [3.05, 3.63) is 30.4 Å². The second-order valence-corrected chi connectivity index (χ2v) is 21.1. The predicted octanol–water partition coefficient (Wildman–Crippen LogP) is 19.6. The van der Waals surface area contributed by atoms with Crippen molar-refractivity contribution >= 4 is 11.9 Å². The Kier molecular flexibility index (Phi) is 45.9. The molecule has 1 aromatic heterocycles. The smallest absolute Gasteiger partial charge is 0.305 e. The summed E-state index contributed by atoms with van der Waals surface area (Å²) < 4.78 is 13.8. The lowest BCUT2D eigenvalue weighted by Crippen LogP contribution is -2.14. The molecule has 1 aromatic rings. The van der Waals surface area contributed by atoms with Gasteiger partial charge in [-0.15, -0.1) is 0 Å². The molecule has 67 heavy (non-hydrogen) atoms. The molecule has 0 amide bonds. The quantitative estimate of drug-likeness (QED) is 0.0370. The highest BCUT2D eigenvalue weighted by molar-refractivity contribution is 5.69. The summed E-state index contributed by atoms with van der Waals surface area (Å²) in [7, 11) is 0. The van der Waals surface area contributed by atoms with E-state index in [0.29, 0.717) is 43.8 Å². The average Bonchev–Trinajstić information content (AvgIpc) is 3.86. The maximum Gasteiger partial charge on any atom is 0.305 e. The van der Waals surface area contributed by atoms with Crippen LogP contribution in [0.1, 0.15) is 311 Å². The van der Waals surface area contributed by atoms with Crippen LogP contribution in [0, 0.1) is 17.8 Å². The molecule has 0 bridgehead atoms. The molecule has 6 nitrogen and oxygen atoms in total. The number of carbonyl (C=O) groups is 2. The predicted molar refractivity (Wildman–Crippen MR) is 290 cm³/mol. The number of aromatic nitrogens is 2. The van der Waals surface area contributed by atoms with Gasteiger partial charge >= 0.3 is 11.9 Å². The van der Waals surface area contributed by atoms with Crippen molar-refractivity contribution < 1.29 is 19.1 Å². The number of imidazole rings is 1. The SMILES string of the molecule is CCCCCCCCC/C(=C\C(CCCCCCCCC(=O)OCC(CCCC)CCCCCC)CCCCCCCCC(=O)OCC(CCCC)CCCCCC)CCCCn1ccnc1. The third-order valence-electron chi connectivity index (χ3n) is 14.5. The van der Waals surface area contributed by atoms with Crippen LogP contribution in [-0.4, -0.2) is 34.7 Å². The maximum absolute atomic E-state index is 12.6. The molecule has 0 N–H and O–H groups in total. The lowest BCUT2D eigenvalue weighted by Gasteiger charge is -2.17. The first kappa shape index (κ1) is 62.9. The Labute approximate surface area is 417 Å². The number of carbonyl (C=O) groups excluding carboxylic acids is 2. The number of rotatable bonds is 52. The Morgan fingerprint density at radius 2 is 0.791 bits per heavy atom. The van der Waals surface area contributed by atoms with Crippen LogP contribution in [0.5, 0.6) is 0 Å². The van der Waals surface area contributed by atoms with Crippen LogP contribution in [0.3, 0.4) is 0 Å². The van der Waals surface area contributed by atoms with E-state index in [1.807, 2.05) is 12.5 Å². The van der Waals surface area contributed by atoms with Crippen molar-refractivity contribution in [2.24, 2.45) is 17.8 Å². The highest BCUT2D eigenvalue weighted by atomic mass is 16.5. The highest BCUT2D eigenvalue weighted by Gasteiger charge is 2.14. The molecule has 0 aliphatic carbocycles. The Morgan fingerprint density at radius 3 is 1.22 bits per heavy atom. The molecule has 1 heterocycles. The number of nitrogens with zero attached hydrogens (tertiary/aromatic N) is 2. The van der Waals surface area contributed by atoms with E-state index < -0.39 is 0 Å². The summed E-state index contributed by atoms with van der Waals surface area (Å²) >= 11 is 0. The van der Waals surface area contributed by atoms with Crippen molar-refractivity contribution in [2.75, 3.05) is 13.2 Å². The van der Waals surface area contributed by atoms with E-state index in [4.69, 9.17) is 9.47 Å². The summed E-state index contributed by atoms with van der Waals surface area (Å²) in [4.78, 5) is 29.5. The first-order chi connectivity index (χ1) is 32.9. The molecule has 0 saturated carbocycles. The van der Waals surface area contributed by atoms with E-state index in [1.165, 1.54) is 238 Å². The molecule has 0 aliphatic heterocycles. The number of hydrogen-bond acceptors (Lipinski definition) is 5. The lowest BCUT2D eigenvalue weighted by atomic mass is 9.89. The molecule has 2 unspecified atom stereocenters. The van der Waals surface area contributed by atoms with Crippen molar-refractivity contribution in [1.29, 1.82) is 0 Å². The van der Waals surface area contributed by atoms with Crippen LogP contribution in [0.2, 0.25) is 0 Å². The zero-order valence-electron chi connectivity index (χ0n) is 45.6. The van der Waals surface area contributed by atoms with E-state index in [-0.39, 0.29) is 11.9 Å². The van der Waals surface area contributed by atoms with Crippen LogP contribution in [0.25, 0.3) is 0 Å². The third kappa shape index (κ3) is 41.4. The Balaban J connectivity index is 2.62. The standard InChI is InChI=1S/C61H114N2O4/c1-6-11-16-19-20-25-32-43-57(44-37-38-50-63-51-49-62-55-63)52-56(41-33-26-21-23-28-35-47-60(64)66-53-58(39-14-9-4)45-30-17-12-7-2)42-34-27-22-24-29-36-48-61(65)67-54-59(40-15-10-5)46-31-18-13-8-3/h49,51-52,55-56,58-59H,6-48,50,53-54H2,1-5H3/b57-52+. The summed E-state index contributed by atoms with van der Waals surface area (Å²) in [5, 5.41) is 0. The fourth-order valence-corrected chi connectivity index (χ4v) is 9.97. The van der Waals surface area contributed by atoms with E-state index in [9.17, 15) is 9.59 Å². The van der Waals surface area contributed by atoms with E-state index in [1.54, 1.807) is 5.57 Å². The summed E-state index contributed by atoms with van der Waals surface area (Å²) in [5.41, 5.74) is 1.73. The topological polar surface area (TPSA) is 70.4 Å². The van der Waals surface area contributed by atoms with Crippen molar-refractivity contribution in [2.45, 2.75) is 317 Å². The van der Waals surface area contributed by atoms with Gasteiger partial charge in [0.05, 0.1) is 19.5 Å². The minimum atomic E-state index is 0.0216. The molecule has 0 radical (unpaired) electrons. The van der Waals surface area contributed by atoms with Gasteiger partial charge in [0.2, 0.25) is 0 Å². The summed E-state index contributed by atoms with van der Waals surface area (Å²) in [6, 6.07) is 0. The Bertz CT molecular complexity index is 1160. The summed E-state index contributed by atoms with van der Waals surface area (Å²) in [6.07, 6.45) is 61.5. The van der Waals surface area contributed by atoms with Crippen molar-refractivity contribution in [3.8, 4) is 0 Å². The summed E-state index contributed by atoms with van der Waals surface area (Å²) in [6.45, 7) is 13.7. The van der Waals surface area contributed by atoms with Gasteiger partial charge in [0.25, 0.3) is 0 Å². The average molecular weight is 940 g/mol. The van der Waals surface area contributed by atoms with E-state index >= 15 is 0 Å². The van der Waals surface area contributed by atoms with Gasteiger partial charge in [0.15, 0.2) is 0 Å². The van der Waals surface area contributed by atoms with E-state index in [0.717, 1.165) is 32.2 Å². The first-order valence-electron chi connectivity index (χ1n) is 29.9. The first-order valence-corrected chi connectivity index (χ1v) is 29.9. The monoisotopic (exact) mass is 939 g/mol. The van der Waals surface area contributed by atoms with Gasteiger partial charge in [0.1, 0.15) is 0 Å². The van der Waals surface area contributed by atoms with Gasteiger partial charge in [-0.05, 0) is 101 Å². The van der Waals surface area contributed by atoms with Gasteiger partial charge in [-0.2, -0.15) is 0 Å². The van der Waals surface area contributed by atoms with Gasteiger partial charge in [-0.3, -0.25) is 9.59 Å². The highest BCUT2D eigenvalue weighted by Crippen LogP contribution is 2.27. The minimum absolute atomic E-state index is 0.0216. The molecule has 0 aromatic carbocycles. The van der Waals surface area contributed by atoms with Gasteiger partial charge in [-0.1, -0.05) is 226 Å². The van der Waals surface area contributed by atoms with Crippen LogP contribution in [0.4, 0.5) is 0 Å².